The fourth-order valence-corrected chi connectivity index (χ4v) is 4.43. The van der Waals surface area contributed by atoms with Crippen LogP contribution < -0.4 is 0 Å². The topological polar surface area (TPSA) is 55.4 Å². The Bertz CT molecular complexity index is 745. The lowest BCUT2D eigenvalue weighted by Crippen LogP contribution is -2.44. The van der Waals surface area contributed by atoms with Gasteiger partial charge in [-0.05, 0) is 69.4 Å². The molecule has 1 fully saturated rings. The fourth-order valence-electron chi connectivity index (χ4n) is 4.43. The van der Waals surface area contributed by atoms with Crippen LogP contribution in [0.4, 0.5) is 0 Å². The number of ether oxygens (including phenoxy) is 6. The van der Waals surface area contributed by atoms with Gasteiger partial charge < -0.3 is 28.4 Å². The summed E-state index contributed by atoms with van der Waals surface area (Å²) in [7, 11) is 1.61. The van der Waals surface area contributed by atoms with Crippen LogP contribution in [0.1, 0.15) is 71.3 Å². The zero-order valence-corrected chi connectivity index (χ0v) is 23.6. The zero-order chi connectivity index (χ0) is 26.8. The van der Waals surface area contributed by atoms with Crippen molar-refractivity contribution in [3.63, 3.8) is 0 Å². The summed E-state index contributed by atoms with van der Waals surface area (Å²) in [6, 6.07) is 10.3. The first-order valence-corrected chi connectivity index (χ1v) is 13.8. The largest absolute Gasteiger partial charge is 0.370 e. The second-order valence-electron chi connectivity index (χ2n) is 10.3. The van der Waals surface area contributed by atoms with Gasteiger partial charge in [0, 0.05) is 13.7 Å². The van der Waals surface area contributed by atoms with Crippen molar-refractivity contribution < 1.29 is 28.4 Å². The van der Waals surface area contributed by atoms with E-state index in [0.29, 0.717) is 25.7 Å². The molecule has 1 aromatic rings. The van der Waals surface area contributed by atoms with Crippen molar-refractivity contribution in [2.75, 3.05) is 40.3 Å². The Hall–Kier alpha value is -1.54. The zero-order valence-electron chi connectivity index (χ0n) is 23.6. The molecule has 0 aromatic heterocycles. The van der Waals surface area contributed by atoms with Gasteiger partial charge in [-0.2, -0.15) is 0 Å². The molecule has 0 radical (unpaired) electrons. The lowest BCUT2D eigenvalue weighted by molar-refractivity contribution is -0.169. The van der Waals surface area contributed by atoms with Gasteiger partial charge in [-0.15, -0.1) is 0 Å². The predicted molar refractivity (Wildman–Crippen MR) is 148 cm³/mol. The minimum Gasteiger partial charge on any atom is -0.370 e. The van der Waals surface area contributed by atoms with Crippen molar-refractivity contribution >= 4 is 0 Å². The van der Waals surface area contributed by atoms with Crippen LogP contribution in [-0.4, -0.2) is 58.3 Å². The molecule has 0 saturated carbocycles. The van der Waals surface area contributed by atoms with Gasteiger partial charge in [0.2, 0.25) is 0 Å². The van der Waals surface area contributed by atoms with E-state index in [4.69, 9.17) is 28.4 Å². The van der Waals surface area contributed by atoms with E-state index >= 15 is 0 Å². The van der Waals surface area contributed by atoms with Gasteiger partial charge in [0.15, 0.2) is 6.29 Å². The van der Waals surface area contributed by atoms with Crippen LogP contribution in [0.2, 0.25) is 0 Å². The molecule has 210 valence electrons. The first-order valence-electron chi connectivity index (χ1n) is 13.8. The molecule has 37 heavy (non-hydrogen) atoms. The molecule has 1 heterocycles. The fraction of sp³-hybridized carbons (Fsp3) is 0.677. The van der Waals surface area contributed by atoms with Crippen molar-refractivity contribution in [1.82, 2.24) is 0 Å². The maximum absolute atomic E-state index is 6.58. The van der Waals surface area contributed by atoms with Crippen LogP contribution in [0.5, 0.6) is 0 Å². The average Bonchev–Trinajstić information content (AvgIpc) is 2.92. The average molecular weight is 519 g/mol. The monoisotopic (exact) mass is 518 g/mol. The highest BCUT2D eigenvalue weighted by Crippen LogP contribution is 2.30. The van der Waals surface area contributed by atoms with E-state index in [0.717, 1.165) is 62.9 Å². The number of benzene rings is 1. The van der Waals surface area contributed by atoms with Crippen LogP contribution in [0, 0.1) is 5.92 Å². The molecule has 6 heteroatoms. The molecule has 2 unspecified atom stereocenters. The van der Waals surface area contributed by atoms with Crippen LogP contribution in [0.25, 0.3) is 0 Å². The molecule has 1 saturated heterocycles. The van der Waals surface area contributed by atoms with E-state index < -0.39 is 5.60 Å². The summed E-state index contributed by atoms with van der Waals surface area (Å²) in [5.41, 5.74) is 1.56. The highest BCUT2D eigenvalue weighted by molar-refractivity contribution is 5.13. The normalized spacial score (nSPS) is 19.5. The maximum Gasteiger partial charge on any atom is 0.157 e. The molecular weight excluding hydrogens is 468 g/mol. The van der Waals surface area contributed by atoms with Gasteiger partial charge in [0.05, 0.1) is 38.1 Å². The quantitative estimate of drug-likeness (QED) is 0.107. The predicted octanol–water partition coefficient (Wildman–Crippen LogP) is 6.84. The van der Waals surface area contributed by atoms with Gasteiger partial charge in [0.1, 0.15) is 6.79 Å². The van der Waals surface area contributed by atoms with E-state index in [2.05, 4.69) is 44.7 Å². The van der Waals surface area contributed by atoms with Crippen LogP contribution >= 0.6 is 0 Å². The molecule has 0 aliphatic carbocycles. The highest BCUT2D eigenvalue weighted by atomic mass is 16.7. The Kier molecular flexibility index (Phi) is 16.0. The maximum atomic E-state index is 6.58. The van der Waals surface area contributed by atoms with Crippen molar-refractivity contribution in [3.05, 3.63) is 60.2 Å². The Balaban J connectivity index is 1.98. The lowest BCUT2D eigenvalue weighted by atomic mass is 9.88. The van der Waals surface area contributed by atoms with E-state index in [1.54, 1.807) is 7.11 Å². The lowest BCUT2D eigenvalue weighted by Gasteiger charge is -2.38. The summed E-state index contributed by atoms with van der Waals surface area (Å²) in [5, 5.41) is 0. The van der Waals surface area contributed by atoms with Gasteiger partial charge in [0.25, 0.3) is 0 Å². The Morgan fingerprint density at radius 1 is 1.22 bits per heavy atom. The van der Waals surface area contributed by atoms with Crippen LogP contribution in [-0.2, 0) is 35.0 Å². The molecule has 0 bridgehead atoms. The second-order valence-corrected chi connectivity index (χ2v) is 10.3. The van der Waals surface area contributed by atoms with Gasteiger partial charge >= 0.3 is 0 Å². The minimum atomic E-state index is -0.481. The molecule has 6 nitrogen and oxygen atoms in total. The third-order valence-electron chi connectivity index (χ3n) is 6.75. The summed E-state index contributed by atoms with van der Waals surface area (Å²) in [4.78, 5) is 0. The number of hydrogen-bond acceptors (Lipinski definition) is 6. The van der Waals surface area contributed by atoms with Crippen LogP contribution in [0.3, 0.4) is 0 Å². The van der Waals surface area contributed by atoms with E-state index in [9.17, 15) is 0 Å². The Morgan fingerprint density at radius 2 is 2.03 bits per heavy atom. The molecule has 0 N–H and O–H groups in total. The minimum absolute atomic E-state index is 0.0345. The molecule has 1 aromatic carbocycles. The first-order chi connectivity index (χ1) is 18.0. The number of rotatable bonds is 20. The number of allylic oxidation sites excluding steroid dienone is 1. The third kappa shape index (κ3) is 13.2. The van der Waals surface area contributed by atoms with Crippen molar-refractivity contribution in [2.24, 2.45) is 5.92 Å². The standard InChI is InChI=1S/C31H50O6/c1-6-7-17-29(35-24-28-15-9-8-10-16-28)31(4,37-23-27(3)21-33-25-32-5)19-13-14-26(2)22-36-30-18-11-12-20-34-30/h6-10,15-16,26,29-30H,3,11-14,17-25H2,1-2,4-5H3/b7-6+/t26?,29-,30?,31-/m0/s1. The number of hydrogen-bond donors (Lipinski definition) is 0. The second kappa shape index (κ2) is 18.7. The molecule has 0 amide bonds. The van der Waals surface area contributed by atoms with E-state index in [1.807, 2.05) is 25.1 Å². The summed E-state index contributed by atoms with van der Waals surface area (Å²) in [5.74, 6) is 0.450. The Labute approximate surface area is 225 Å². The van der Waals surface area contributed by atoms with Gasteiger partial charge in [-0.3, -0.25) is 0 Å². The van der Waals surface area contributed by atoms with Gasteiger partial charge in [-0.1, -0.05) is 62.4 Å². The molecule has 1 aliphatic rings. The molecule has 2 rings (SSSR count). The molecule has 0 spiro atoms. The molecule has 1 aliphatic heterocycles. The highest BCUT2D eigenvalue weighted by Gasteiger charge is 2.35. The van der Waals surface area contributed by atoms with Crippen molar-refractivity contribution in [2.45, 2.75) is 90.3 Å². The molecule has 4 atom stereocenters. The van der Waals surface area contributed by atoms with E-state index in [-0.39, 0.29) is 19.2 Å². The third-order valence-corrected chi connectivity index (χ3v) is 6.75. The summed E-state index contributed by atoms with van der Waals surface area (Å²) < 4.78 is 35.3. The summed E-state index contributed by atoms with van der Waals surface area (Å²) in [6.07, 6.45) is 11.2. The van der Waals surface area contributed by atoms with Crippen molar-refractivity contribution in [1.29, 1.82) is 0 Å². The Morgan fingerprint density at radius 3 is 2.73 bits per heavy atom. The van der Waals surface area contributed by atoms with E-state index in [1.165, 1.54) is 6.42 Å². The van der Waals surface area contributed by atoms with Gasteiger partial charge in [-0.25, -0.2) is 0 Å². The first kappa shape index (κ1) is 31.7. The summed E-state index contributed by atoms with van der Waals surface area (Å²) >= 11 is 0. The van der Waals surface area contributed by atoms with Crippen LogP contribution in [0.15, 0.2) is 54.6 Å². The molecular formula is C31H50O6. The smallest absolute Gasteiger partial charge is 0.157 e. The summed E-state index contributed by atoms with van der Waals surface area (Å²) in [6.45, 7) is 13.7. The SMILES string of the molecule is C=C(COCOC)CO[C@@](C)(CCCC(C)COC1CCCCO1)[C@H](C/C=C/C)OCc1ccccc1. The number of methoxy groups -OCH3 is 1. The van der Waals surface area contributed by atoms with Crippen molar-refractivity contribution in [3.8, 4) is 0 Å².